The Morgan fingerprint density at radius 1 is 1.71 bits per heavy atom. The van der Waals surface area contributed by atoms with E-state index in [4.69, 9.17) is 0 Å². The molecule has 0 aliphatic carbocycles. The summed E-state index contributed by atoms with van der Waals surface area (Å²) < 4.78 is 1.92. The first-order valence-corrected chi connectivity index (χ1v) is 5.27. The molecule has 1 atom stereocenters. The zero-order valence-corrected chi connectivity index (χ0v) is 8.66. The Morgan fingerprint density at radius 2 is 2.64 bits per heavy atom. The molecule has 0 aromatic carbocycles. The van der Waals surface area contributed by atoms with E-state index >= 15 is 0 Å². The average Bonchev–Trinajstić information content (AvgIpc) is 2.63. The van der Waals surface area contributed by atoms with Crippen molar-refractivity contribution in [1.82, 2.24) is 20.4 Å². The van der Waals surface area contributed by atoms with E-state index in [1.807, 2.05) is 17.9 Å². The van der Waals surface area contributed by atoms with Crippen molar-refractivity contribution in [2.45, 2.75) is 25.4 Å². The first-order valence-electron chi connectivity index (χ1n) is 5.27. The van der Waals surface area contributed by atoms with E-state index in [-0.39, 0.29) is 0 Å². The lowest BCUT2D eigenvalue weighted by Gasteiger charge is -2.23. The third kappa shape index (κ3) is 2.33. The molecule has 0 radical (unpaired) electrons. The van der Waals surface area contributed by atoms with E-state index in [9.17, 15) is 0 Å². The second-order valence-electron chi connectivity index (χ2n) is 3.87. The number of aryl methyl sites for hydroxylation is 1. The summed E-state index contributed by atoms with van der Waals surface area (Å²) in [5, 5.41) is 11.1. The smallest absolute Gasteiger partial charge is 0.0518 e. The summed E-state index contributed by atoms with van der Waals surface area (Å²) >= 11 is 0. The minimum absolute atomic E-state index is 0.624. The number of rotatable bonds is 3. The van der Waals surface area contributed by atoms with Gasteiger partial charge in [0.05, 0.1) is 5.69 Å². The lowest BCUT2D eigenvalue weighted by molar-refractivity contribution is 0.385. The van der Waals surface area contributed by atoms with Crippen LogP contribution in [0.1, 0.15) is 18.5 Å². The van der Waals surface area contributed by atoms with E-state index in [0.29, 0.717) is 6.04 Å². The van der Waals surface area contributed by atoms with Gasteiger partial charge in [-0.2, -0.15) is 5.10 Å². The molecule has 2 N–H and O–H groups in total. The van der Waals surface area contributed by atoms with Crippen LogP contribution in [0.5, 0.6) is 0 Å². The Balaban J connectivity index is 1.79. The molecule has 1 aliphatic rings. The van der Waals surface area contributed by atoms with Crippen LogP contribution in [0.2, 0.25) is 0 Å². The van der Waals surface area contributed by atoms with Gasteiger partial charge in [-0.1, -0.05) is 0 Å². The molecule has 1 aromatic rings. The van der Waals surface area contributed by atoms with Crippen molar-refractivity contribution in [3.63, 3.8) is 0 Å². The second kappa shape index (κ2) is 4.57. The van der Waals surface area contributed by atoms with Gasteiger partial charge in [-0.25, -0.2) is 0 Å². The van der Waals surface area contributed by atoms with Crippen LogP contribution in [0, 0.1) is 0 Å². The maximum absolute atomic E-state index is 4.14. The number of nitrogens with zero attached hydrogens (tertiary/aromatic N) is 2. The van der Waals surface area contributed by atoms with E-state index in [1.54, 1.807) is 0 Å². The Morgan fingerprint density at radius 3 is 3.29 bits per heavy atom. The van der Waals surface area contributed by atoms with E-state index in [1.165, 1.54) is 25.1 Å². The highest BCUT2D eigenvalue weighted by Gasteiger charge is 2.12. The largest absolute Gasteiger partial charge is 0.315 e. The fourth-order valence-corrected chi connectivity index (χ4v) is 1.85. The van der Waals surface area contributed by atoms with Crippen molar-refractivity contribution < 1.29 is 0 Å². The van der Waals surface area contributed by atoms with E-state index < -0.39 is 0 Å². The summed E-state index contributed by atoms with van der Waals surface area (Å²) in [4.78, 5) is 0. The molecule has 1 unspecified atom stereocenters. The summed E-state index contributed by atoms with van der Waals surface area (Å²) in [7, 11) is 1.98. The zero-order valence-electron chi connectivity index (χ0n) is 8.66. The fraction of sp³-hybridized carbons (Fsp3) is 0.700. The highest BCUT2D eigenvalue weighted by molar-refractivity contribution is 4.99. The average molecular weight is 194 g/mol. The predicted molar refractivity (Wildman–Crippen MR) is 55.9 cm³/mol. The summed E-state index contributed by atoms with van der Waals surface area (Å²) in [6.07, 6.45) is 4.41. The second-order valence-corrected chi connectivity index (χ2v) is 3.87. The van der Waals surface area contributed by atoms with Gasteiger partial charge in [0.1, 0.15) is 0 Å². The SMILES string of the molecule is Cn1nccc1CNC1CCCNC1. The van der Waals surface area contributed by atoms with Crippen molar-refractivity contribution in [2.24, 2.45) is 7.05 Å². The quantitative estimate of drug-likeness (QED) is 0.725. The fourth-order valence-electron chi connectivity index (χ4n) is 1.85. The van der Waals surface area contributed by atoms with Gasteiger partial charge in [-0.05, 0) is 25.5 Å². The number of hydrogen-bond donors (Lipinski definition) is 2. The molecule has 0 amide bonds. The monoisotopic (exact) mass is 194 g/mol. The molecule has 1 aromatic heterocycles. The molecule has 2 heterocycles. The number of aromatic nitrogens is 2. The number of piperidine rings is 1. The molecule has 1 aliphatic heterocycles. The minimum Gasteiger partial charge on any atom is -0.315 e. The van der Waals surface area contributed by atoms with Crippen LogP contribution in [-0.2, 0) is 13.6 Å². The summed E-state index contributed by atoms with van der Waals surface area (Å²) in [6, 6.07) is 2.68. The van der Waals surface area contributed by atoms with Crippen molar-refractivity contribution in [3.8, 4) is 0 Å². The van der Waals surface area contributed by atoms with Gasteiger partial charge in [0.2, 0.25) is 0 Å². The van der Waals surface area contributed by atoms with Gasteiger partial charge < -0.3 is 10.6 Å². The van der Waals surface area contributed by atoms with Gasteiger partial charge in [0, 0.05) is 32.4 Å². The topological polar surface area (TPSA) is 41.9 Å². The molecular formula is C10H18N4. The van der Waals surface area contributed by atoms with Gasteiger partial charge in [-0.3, -0.25) is 4.68 Å². The Hall–Kier alpha value is -0.870. The van der Waals surface area contributed by atoms with Crippen molar-refractivity contribution in [2.75, 3.05) is 13.1 Å². The van der Waals surface area contributed by atoms with Crippen molar-refractivity contribution in [3.05, 3.63) is 18.0 Å². The molecule has 0 saturated carbocycles. The van der Waals surface area contributed by atoms with Crippen molar-refractivity contribution in [1.29, 1.82) is 0 Å². The standard InChI is InChI=1S/C10H18N4/c1-14-10(4-6-13-14)8-12-9-3-2-5-11-7-9/h4,6,9,11-12H,2-3,5,7-8H2,1H3. The first-order chi connectivity index (χ1) is 6.86. The predicted octanol–water partition coefficient (Wildman–Crippen LogP) is 0.262. The normalized spacial score (nSPS) is 22.5. The first kappa shape index (κ1) is 9.68. The van der Waals surface area contributed by atoms with Crippen LogP contribution in [-0.4, -0.2) is 28.9 Å². The molecule has 1 fully saturated rings. The Kier molecular flexibility index (Phi) is 3.16. The summed E-state index contributed by atoms with van der Waals surface area (Å²) in [5.41, 5.74) is 1.25. The van der Waals surface area contributed by atoms with Gasteiger partial charge >= 0.3 is 0 Å². The summed E-state index contributed by atoms with van der Waals surface area (Å²) in [5.74, 6) is 0. The van der Waals surface area contributed by atoms with Crippen LogP contribution in [0.4, 0.5) is 0 Å². The van der Waals surface area contributed by atoms with Crippen LogP contribution in [0.15, 0.2) is 12.3 Å². The third-order valence-electron chi connectivity index (χ3n) is 2.79. The van der Waals surface area contributed by atoms with Crippen molar-refractivity contribution >= 4 is 0 Å². The van der Waals surface area contributed by atoms with Gasteiger partial charge in [-0.15, -0.1) is 0 Å². The lowest BCUT2D eigenvalue weighted by atomic mass is 10.1. The molecule has 2 rings (SSSR count). The molecule has 78 valence electrons. The molecule has 4 nitrogen and oxygen atoms in total. The van der Waals surface area contributed by atoms with Gasteiger partial charge in [0.25, 0.3) is 0 Å². The Labute approximate surface area is 84.7 Å². The Bertz CT molecular complexity index is 275. The minimum atomic E-state index is 0.624. The highest BCUT2D eigenvalue weighted by atomic mass is 15.3. The van der Waals surface area contributed by atoms with Crippen LogP contribution < -0.4 is 10.6 Å². The molecule has 4 heteroatoms. The number of nitrogens with one attached hydrogen (secondary N) is 2. The highest BCUT2D eigenvalue weighted by Crippen LogP contribution is 2.03. The molecular weight excluding hydrogens is 176 g/mol. The lowest BCUT2D eigenvalue weighted by Crippen LogP contribution is -2.42. The van der Waals surface area contributed by atoms with Crippen LogP contribution >= 0.6 is 0 Å². The molecule has 1 saturated heterocycles. The summed E-state index contributed by atoms with van der Waals surface area (Å²) in [6.45, 7) is 3.19. The maximum Gasteiger partial charge on any atom is 0.0518 e. The molecule has 14 heavy (non-hydrogen) atoms. The van der Waals surface area contributed by atoms with Crippen LogP contribution in [0.3, 0.4) is 0 Å². The third-order valence-corrected chi connectivity index (χ3v) is 2.79. The zero-order chi connectivity index (χ0) is 9.80. The molecule has 0 spiro atoms. The molecule has 0 bridgehead atoms. The maximum atomic E-state index is 4.14. The van der Waals surface area contributed by atoms with Gasteiger partial charge in [0.15, 0.2) is 0 Å². The van der Waals surface area contributed by atoms with Crippen LogP contribution in [0.25, 0.3) is 0 Å². The number of hydrogen-bond acceptors (Lipinski definition) is 3. The van der Waals surface area contributed by atoms with E-state index in [2.05, 4.69) is 21.8 Å². The van der Waals surface area contributed by atoms with E-state index in [0.717, 1.165) is 13.1 Å².